The predicted molar refractivity (Wildman–Crippen MR) is 87.9 cm³/mol. The van der Waals surface area contributed by atoms with Crippen molar-refractivity contribution in [2.45, 2.75) is 51.4 Å². The molecule has 0 saturated heterocycles. The lowest BCUT2D eigenvalue weighted by Crippen LogP contribution is -2.36. The van der Waals surface area contributed by atoms with Crippen LogP contribution in [0.15, 0.2) is 27.1 Å². The first kappa shape index (κ1) is 15.7. The summed E-state index contributed by atoms with van der Waals surface area (Å²) in [7, 11) is -1.19. The highest BCUT2D eigenvalue weighted by Crippen LogP contribution is 2.35. The van der Waals surface area contributed by atoms with Gasteiger partial charge in [-0.05, 0) is 45.4 Å². The van der Waals surface area contributed by atoms with E-state index in [1.54, 1.807) is 0 Å². The summed E-state index contributed by atoms with van der Waals surface area (Å²) in [5.41, 5.74) is 1.49. The Morgan fingerprint density at radius 3 is 2.85 bits per heavy atom. The molecule has 0 spiro atoms. The third-order valence-electron chi connectivity index (χ3n) is 3.35. The fourth-order valence-corrected chi connectivity index (χ4v) is 3.28. The van der Waals surface area contributed by atoms with Crippen LogP contribution in [-0.4, -0.2) is 20.8 Å². The SMILES string of the molecule is CC[C@@H](C)S(=O)N=C1CC(C)(C)Oc2ccc(Br)cc21. The average molecular weight is 358 g/mol. The highest BCUT2D eigenvalue weighted by molar-refractivity contribution is 9.10. The van der Waals surface area contributed by atoms with Gasteiger partial charge in [-0.15, -0.1) is 0 Å². The lowest BCUT2D eigenvalue weighted by molar-refractivity contribution is 0.111. The Morgan fingerprint density at radius 2 is 2.20 bits per heavy atom. The van der Waals surface area contributed by atoms with Crippen LogP contribution in [0.25, 0.3) is 0 Å². The molecule has 3 nitrogen and oxygen atoms in total. The van der Waals surface area contributed by atoms with E-state index in [0.29, 0.717) is 6.42 Å². The third kappa shape index (κ3) is 3.50. The summed E-state index contributed by atoms with van der Waals surface area (Å²) in [6.45, 7) is 8.05. The fraction of sp³-hybridized carbons (Fsp3) is 0.533. The van der Waals surface area contributed by atoms with Gasteiger partial charge >= 0.3 is 0 Å². The second-order valence-corrected chi connectivity index (χ2v) is 8.17. The van der Waals surface area contributed by atoms with E-state index in [0.717, 1.165) is 27.9 Å². The minimum atomic E-state index is -1.19. The van der Waals surface area contributed by atoms with Crippen LogP contribution < -0.4 is 4.74 Å². The molecule has 1 aliphatic rings. The molecule has 0 aliphatic carbocycles. The minimum absolute atomic E-state index is 0.0732. The van der Waals surface area contributed by atoms with Crippen LogP contribution in [0.3, 0.4) is 0 Å². The van der Waals surface area contributed by atoms with E-state index in [1.807, 2.05) is 45.9 Å². The lowest BCUT2D eigenvalue weighted by atomic mass is 9.92. The number of benzene rings is 1. The fourth-order valence-electron chi connectivity index (χ4n) is 2.07. The van der Waals surface area contributed by atoms with Gasteiger partial charge in [-0.2, -0.15) is 4.40 Å². The Balaban J connectivity index is 2.45. The Kier molecular flexibility index (Phi) is 4.69. The van der Waals surface area contributed by atoms with Gasteiger partial charge in [0.05, 0.1) is 11.0 Å². The zero-order chi connectivity index (χ0) is 14.9. The Labute approximate surface area is 131 Å². The summed E-state index contributed by atoms with van der Waals surface area (Å²) in [5.74, 6) is 0.810. The van der Waals surface area contributed by atoms with Crippen LogP contribution >= 0.6 is 15.9 Å². The number of fused-ring (bicyclic) bond motifs is 1. The van der Waals surface area contributed by atoms with Gasteiger partial charge in [0.15, 0.2) is 0 Å². The molecule has 1 aromatic carbocycles. The molecule has 110 valence electrons. The van der Waals surface area contributed by atoms with Crippen molar-refractivity contribution >= 4 is 32.6 Å². The molecule has 1 unspecified atom stereocenters. The first-order valence-corrected chi connectivity index (χ1v) is 8.76. The van der Waals surface area contributed by atoms with Crippen molar-refractivity contribution in [2.24, 2.45) is 4.40 Å². The van der Waals surface area contributed by atoms with Gasteiger partial charge in [0.25, 0.3) is 0 Å². The molecular formula is C15H20BrNO2S. The quantitative estimate of drug-likeness (QED) is 0.810. The molecule has 0 amide bonds. The monoisotopic (exact) mass is 357 g/mol. The summed E-state index contributed by atoms with van der Waals surface area (Å²) in [5, 5.41) is 0.0732. The number of halogens is 1. The first-order valence-electron chi connectivity index (χ1n) is 6.79. The molecule has 0 bridgehead atoms. The number of ether oxygens (including phenoxy) is 1. The van der Waals surface area contributed by atoms with Crippen molar-refractivity contribution in [3.05, 3.63) is 28.2 Å². The smallest absolute Gasteiger partial charge is 0.142 e. The van der Waals surface area contributed by atoms with Crippen molar-refractivity contribution < 1.29 is 8.95 Å². The molecule has 0 aromatic heterocycles. The molecule has 1 heterocycles. The van der Waals surface area contributed by atoms with Crippen molar-refractivity contribution in [1.29, 1.82) is 0 Å². The molecule has 2 rings (SSSR count). The molecular weight excluding hydrogens is 338 g/mol. The van der Waals surface area contributed by atoms with Gasteiger partial charge in [-0.25, -0.2) is 4.21 Å². The molecule has 0 fully saturated rings. The average Bonchev–Trinajstić information content (AvgIpc) is 2.37. The van der Waals surface area contributed by atoms with E-state index in [2.05, 4.69) is 20.3 Å². The van der Waals surface area contributed by atoms with Crippen LogP contribution in [0, 0.1) is 0 Å². The first-order chi connectivity index (χ1) is 9.32. The molecule has 5 heteroatoms. The van der Waals surface area contributed by atoms with Gasteiger partial charge in [0, 0.05) is 16.5 Å². The normalized spacial score (nSPS) is 21.9. The number of hydrogen-bond donors (Lipinski definition) is 0. The largest absolute Gasteiger partial charge is 0.487 e. The van der Waals surface area contributed by atoms with E-state index < -0.39 is 11.0 Å². The maximum Gasteiger partial charge on any atom is 0.142 e. The van der Waals surface area contributed by atoms with Crippen molar-refractivity contribution in [3.63, 3.8) is 0 Å². The van der Waals surface area contributed by atoms with Crippen LogP contribution in [0.1, 0.15) is 46.1 Å². The standard InChI is InChI=1S/C15H20BrNO2S/c1-5-10(2)20(18)17-13-9-15(3,4)19-14-7-6-11(16)8-12(13)14/h6-8,10H,5,9H2,1-4H3/t10-,20?/m1/s1. The lowest BCUT2D eigenvalue weighted by Gasteiger charge is -2.33. The van der Waals surface area contributed by atoms with Crippen molar-refractivity contribution in [1.82, 2.24) is 0 Å². The highest BCUT2D eigenvalue weighted by Gasteiger charge is 2.31. The van der Waals surface area contributed by atoms with Gasteiger partial charge in [0.2, 0.25) is 0 Å². The Bertz CT molecular complexity index is 569. The summed E-state index contributed by atoms with van der Waals surface area (Å²) < 4.78 is 23.6. The number of hydrogen-bond acceptors (Lipinski definition) is 2. The van der Waals surface area contributed by atoms with E-state index in [9.17, 15) is 4.21 Å². The maximum atomic E-state index is 12.2. The summed E-state index contributed by atoms with van der Waals surface area (Å²) in [4.78, 5) is 0. The summed E-state index contributed by atoms with van der Waals surface area (Å²) in [6, 6.07) is 5.86. The van der Waals surface area contributed by atoms with E-state index >= 15 is 0 Å². The zero-order valence-electron chi connectivity index (χ0n) is 12.3. The molecule has 2 atom stereocenters. The topological polar surface area (TPSA) is 38.7 Å². The predicted octanol–water partition coefficient (Wildman–Crippen LogP) is 4.26. The van der Waals surface area contributed by atoms with Gasteiger partial charge < -0.3 is 4.74 Å². The summed E-state index contributed by atoms with van der Waals surface area (Å²) in [6.07, 6.45) is 1.52. The molecule has 0 N–H and O–H groups in total. The van der Waals surface area contributed by atoms with Crippen LogP contribution in [0.2, 0.25) is 0 Å². The number of nitrogens with zero attached hydrogens (tertiary/aromatic N) is 1. The third-order valence-corrected chi connectivity index (χ3v) is 5.27. The van der Waals surface area contributed by atoms with Gasteiger partial charge in [-0.1, -0.05) is 22.9 Å². The minimum Gasteiger partial charge on any atom is -0.487 e. The second kappa shape index (κ2) is 5.98. The van der Waals surface area contributed by atoms with E-state index in [4.69, 9.17) is 4.74 Å². The van der Waals surface area contributed by atoms with Gasteiger partial charge in [0.1, 0.15) is 22.3 Å². The maximum absolute atomic E-state index is 12.2. The van der Waals surface area contributed by atoms with Crippen molar-refractivity contribution in [2.75, 3.05) is 0 Å². The molecule has 1 aromatic rings. The second-order valence-electron chi connectivity index (χ2n) is 5.71. The summed E-state index contributed by atoms with van der Waals surface area (Å²) >= 11 is 3.47. The van der Waals surface area contributed by atoms with E-state index in [1.165, 1.54) is 0 Å². The van der Waals surface area contributed by atoms with Crippen molar-refractivity contribution in [3.8, 4) is 5.75 Å². The number of rotatable bonds is 3. The Hall–Kier alpha value is -0.680. The van der Waals surface area contributed by atoms with E-state index in [-0.39, 0.29) is 10.9 Å². The molecule has 0 saturated carbocycles. The van der Waals surface area contributed by atoms with Gasteiger partial charge in [-0.3, -0.25) is 0 Å². The molecule has 0 radical (unpaired) electrons. The van der Waals surface area contributed by atoms with Crippen LogP contribution in [0.5, 0.6) is 5.75 Å². The molecule has 20 heavy (non-hydrogen) atoms. The van der Waals surface area contributed by atoms with Crippen LogP contribution in [-0.2, 0) is 11.0 Å². The highest BCUT2D eigenvalue weighted by atomic mass is 79.9. The molecule has 1 aliphatic heterocycles. The zero-order valence-corrected chi connectivity index (χ0v) is 14.7. The van der Waals surface area contributed by atoms with Crippen LogP contribution in [0.4, 0.5) is 0 Å². The Morgan fingerprint density at radius 1 is 1.50 bits per heavy atom.